The van der Waals surface area contributed by atoms with Crippen LogP contribution in [0.1, 0.15) is 44.9 Å². The zero-order valence-corrected chi connectivity index (χ0v) is 17.6. The zero-order chi connectivity index (χ0) is 21.5. The van der Waals surface area contributed by atoms with Crippen LogP contribution >= 0.6 is 0 Å². The van der Waals surface area contributed by atoms with Gasteiger partial charge in [-0.05, 0) is 50.5 Å². The van der Waals surface area contributed by atoms with E-state index in [4.69, 9.17) is 9.47 Å². The summed E-state index contributed by atoms with van der Waals surface area (Å²) in [6, 6.07) is 4.27. The third-order valence-corrected chi connectivity index (χ3v) is 3.95. The van der Waals surface area contributed by atoms with Gasteiger partial charge >= 0.3 is 12.1 Å². The highest BCUT2D eigenvalue weighted by atomic mass is 16.6. The molecule has 0 heterocycles. The number of methoxy groups -OCH3 is 2. The Morgan fingerprint density at radius 2 is 1.82 bits per heavy atom. The molecule has 0 aliphatic rings. The summed E-state index contributed by atoms with van der Waals surface area (Å²) in [5.74, 6) is -0.415. The first-order valence-corrected chi connectivity index (χ1v) is 9.01. The van der Waals surface area contributed by atoms with Crippen molar-refractivity contribution in [1.82, 2.24) is 10.2 Å². The van der Waals surface area contributed by atoms with Crippen LogP contribution in [0.4, 0.5) is 4.79 Å². The number of benzene rings is 1. The number of esters is 1. The van der Waals surface area contributed by atoms with Crippen molar-refractivity contribution in [2.75, 3.05) is 27.8 Å². The van der Waals surface area contributed by atoms with Gasteiger partial charge in [-0.3, -0.25) is 14.5 Å². The number of carbonyl (C=O) groups excluding carboxylic acids is 3. The van der Waals surface area contributed by atoms with E-state index in [-0.39, 0.29) is 6.54 Å². The minimum absolute atomic E-state index is 0.301. The highest BCUT2D eigenvalue weighted by Gasteiger charge is 2.32. The molecule has 1 aromatic carbocycles. The number of amides is 2. The number of carbonyl (C=O) groups is 3. The molecule has 28 heavy (non-hydrogen) atoms. The van der Waals surface area contributed by atoms with Crippen LogP contribution in [0.3, 0.4) is 0 Å². The molecule has 0 radical (unpaired) electrons. The average Bonchev–Trinajstić information content (AvgIpc) is 2.64. The molecule has 1 unspecified atom stereocenters. The minimum Gasteiger partial charge on any atom is -0.496 e. The third kappa shape index (κ3) is 6.44. The molecule has 1 atom stereocenters. The first-order chi connectivity index (χ1) is 13.0. The van der Waals surface area contributed by atoms with Gasteiger partial charge in [-0.25, -0.2) is 4.79 Å². The zero-order valence-electron chi connectivity index (χ0n) is 17.6. The van der Waals surface area contributed by atoms with Crippen LogP contribution in [0.25, 0.3) is 0 Å². The van der Waals surface area contributed by atoms with Crippen LogP contribution < -0.4 is 10.1 Å². The molecule has 156 valence electrons. The van der Waals surface area contributed by atoms with Crippen molar-refractivity contribution in [1.29, 1.82) is 0 Å². The van der Waals surface area contributed by atoms with Gasteiger partial charge in [-0.2, -0.15) is 0 Å². The van der Waals surface area contributed by atoms with E-state index in [0.29, 0.717) is 17.7 Å². The summed E-state index contributed by atoms with van der Waals surface area (Å²) in [6.07, 6.45) is 0.0310. The summed E-state index contributed by atoms with van der Waals surface area (Å²) in [5.41, 5.74) is 0.754. The molecule has 0 saturated carbocycles. The predicted molar refractivity (Wildman–Crippen MR) is 104 cm³/mol. The number of aryl methyl sites for hydroxylation is 1. The van der Waals surface area contributed by atoms with E-state index in [9.17, 15) is 14.4 Å². The number of hydrogen-bond donors (Lipinski definition) is 1. The standard InChI is InChI=1S/C20H30N2O6/c1-8-13-11-14(9-10-15(13)26-6)17(18(24)21-12-16(23)27-7)22(5)19(25)28-20(2,3)4/h9-11,17H,8,12H2,1-7H3,(H,21,24). The monoisotopic (exact) mass is 394 g/mol. The Morgan fingerprint density at radius 3 is 2.32 bits per heavy atom. The van der Waals surface area contributed by atoms with E-state index >= 15 is 0 Å². The van der Waals surface area contributed by atoms with Crippen LogP contribution in [-0.2, 0) is 25.5 Å². The van der Waals surface area contributed by atoms with Crippen molar-refractivity contribution >= 4 is 18.0 Å². The largest absolute Gasteiger partial charge is 0.496 e. The lowest BCUT2D eigenvalue weighted by Crippen LogP contribution is -2.44. The van der Waals surface area contributed by atoms with Gasteiger partial charge < -0.3 is 19.5 Å². The van der Waals surface area contributed by atoms with Gasteiger partial charge in [0.2, 0.25) is 5.91 Å². The first-order valence-electron chi connectivity index (χ1n) is 9.01. The van der Waals surface area contributed by atoms with Gasteiger partial charge in [-0.1, -0.05) is 13.0 Å². The van der Waals surface area contributed by atoms with Crippen molar-refractivity contribution in [2.24, 2.45) is 0 Å². The summed E-state index contributed by atoms with van der Waals surface area (Å²) in [7, 11) is 4.28. The van der Waals surface area contributed by atoms with Gasteiger partial charge in [0.25, 0.3) is 0 Å². The van der Waals surface area contributed by atoms with E-state index in [1.165, 1.54) is 19.1 Å². The van der Waals surface area contributed by atoms with Crippen LogP contribution in [-0.4, -0.2) is 56.3 Å². The molecule has 1 aromatic rings. The topological polar surface area (TPSA) is 94.2 Å². The van der Waals surface area contributed by atoms with E-state index in [1.54, 1.807) is 40.0 Å². The molecule has 8 heteroatoms. The summed E-state index contributed by atoms with van der Waals surface area (Å²) in [4.78, 5) is 38.0. The lowest BCUT2D eigenvalue weighted by atomic mass is 10.00. The maximum Gasteiger partial charge on any atom is 0.410 e. The second-order valence-electron chi connectivity index (χ2n) is 7.21. The van der Waals surface area contributed by atoms with Crippen molar-refractivity contribution in [3.63, 3.8) is 0 Å². The van der Waals surface area contributed by atoms with Crippen LogP contribution in [0.5, 0.6) is 5.75 Å². The maximum absolute atomic E-state index is 12.8. The molecule has 0 fully saturated rings. The molecule has 1 rings (SSSR count). The lowest BCUT2D eigenvalue weighted by Gasteiger charge is -2.30. The normalized spacial score (nSPS) is 12.0. The van der Waals surface area contributed by atoms with Gasteiger partial charge in [0.15, 0.2) is 0 Å². The smallest absolute Gasteiger partial charge is 0.410 e. The molecule has 1 N–H and O–H groups in total. The van der Waals surface area contributed by atoms with E-state index < -0.39 is 29.6 Å². The number of likely N-dealkylation sites (N-methyl/N-ethyl adjacent to an activating group) is 1. The Labute approximate surface area is 166 Å². The van der Waals surface area contributed by atoms with Crippen molar-refractivity contribution in [3.05, 3.63) is 29.3 Å². The van der Waals surface area contributed by atoms with Crippen LogP contribution in [0.15, 0.2) is 18.2 Å². The molecular weight excluding hydrogens is 364 g/mol. The quantitative estimate of drug-likeness (QED) is 0.714. The lowest BCUT2D eigenvalue weighted by molar-refractivity contribution is -0.141. The molecule has 0 aliphatic heterocycles. The van der Waals surface area contributed by atoms with Crippen molar-refractivity contribution in [3.8, 4) is 5.75 Å². The Bertz CT molecular complexity index is 711. The highest BCUT2D eigenvalue weighted by Crippen LogP contribution is 2.28. The van der Waals surface area contributed by atoms with Gasteiger partial charge in [0, 0.05) is 7.05 Å². The Balaban J connectivity index is 3.25. The Kier molecular flexibility index (Phi) is 8.28. The summed E-state index contributed by atoms with van der Waals surface area (Å²) < 4.78 is 15.3. The molecular formula is C20H30N2O6. The fourth-order valence-corrected chi connectivity index (χ4v) is 2.56. The molecule has 2 amide bonds. The molecule has 8 nitrogen and oxygen atoms in total. The van der Waals surface area contributed by atoms with E-state index in [1.807, 2.05) is 13.0 Å². The minimum atomic E-state index is -0.990. The maximum atomic E-state index is 12.8. The predicted octanol–water partition coefficient (Wildman–Crippen LogP) is 2.45. The van der Waals surface area contributed by atoms with E-state index in [0.717, 1.165) is 5.56 Å². The summed E-state index contributed by atoms with van der Waals surface area (Å²) in [5, 5.41) is 2.50. The van der Waals surface area contributed by atoms with Gasteiger partial charge in [0.05, 0.1) is 14.2 Å². The average molecular weight is 394 g/mol. The van der Waals surface area contributed by atoms with Gasteiger partial charge in [-0.15, -0.1) is 0 Å². The fraction of sp³-hybridized carbons (Fsp3) is 0.550. The van der Waals surface area contributed by atoms with E-state index in [2.05, 4.69) is 10.1 Å². The number of ether oxygens (including phenoxy) is 3. The second-order valence-corrected chi connectivity index (χ2v) is 7.21. The Hall–Kier alpha value is -2.77. The van der Waals surface area contributed by atoms with Gasteiger partial charge in [0.1, 0.15) is 23.9 Å². The molecule has 0 spiro atoms. The van der Waals surface area contributed by atoms with Crippen LogP contribution in [0, 0.1) is 0 Å². The number of rotatable bonds is 7. The number of nitrogens with one attached hydrogen (secondary N) is 1. The molecule has 0 bridgehead atoms. The molecule has 0 saturated heterocycles. The van der Waals surface area contributed by atoms with Crippen molar-refractivity contribution in [2.45, 2.75) is 45.8 Å². The second kappa shape index (κ2) is 9.96. The molecule has 0 aromatic heterocycles. The Morgan fingerprint density at radius 1 is 1.18 bits per heavy atom. The molecule has 0 aliphatic carbocycles. The summed E-state index contributed by atoms with van der Waals surface area (Å²) in [6.45, 7) is 6.89. The SMILES string of the molecule is CCc1cc(C(C(=O)NCC(=O)OC)N(C)C(=O)OC(C)(C)C)ccc1OC. The summed E-state index contributed by atoms with van der Waals surface area (Å²) >= 11 is 0. The van der Waals surface area contributed by atoms with Crippen LogP contribution in [0.2, 0.25) is 0 Å². The fourth-order valence-electron chi connectivity index (χ4n) is 2.56. The first kappa shape index (κ1) is 23.3. The number of hydrogen-bond acceptors (Lipinski definition) is 6. The third-order valence-electron chi connectivity index (χ3n) is 3.95. The highest BCUT2D eigenvalue weighted by molar-refractivity contribution is 5.89. The van der Waals surface area contributed by atoms with Crippen molar-refractivity contribution < 1.29 is 28.6 Å². The number of nitrogens with zero attached hydrogens (tertiary/aromatic N) is 1.